The van der Waals surface area contributed by atoms with Crippen molar-refractivity contribution in [2.24, 2.45) is 0 Å². The summed E-state index contributed by atoms with van der Waals surface area (Å²) in [5.74, 6) is 0.824. The minimum Gasteiger partial charge on any atom is -0.392 e. The van der Waals surface area contributed by atoms with E-state index in [4.69, 9.17) is 0 Å². The third-order valence-electron chi connectivity index (χ3n) is 4.16. The first-order valence-electron chi connectivity index (χ1n) is 7.28. The summed E-state index contributed by atoms with van der Waals surface area (Å²) >= 11 is 1.81. The normalized spacial score (nSPS) is 24.2. The number of nitrogens with zero attached hydrogens (tertiary/aromatic N) is 1. The third kappa shape index (κ3) is 3.28. The van der Waals surface area contributed by atoms with E-state index in [0.29, 0.717) is 17.4 Å². The number of aliphatic hydroxyl groups excluding tert-OH is 1. The van der Waals surface area contributed by atoms with E-state index in [1.807, 2.05) is 31.7 Å². The van der Waals surface area contributed by atoms with Gasteiger partial charge < -0.3 is 5.11 Å². The van der Waals surface area contributed by atoms with Gasteiger partial charge in [-0.3, -0.25) is 0 Å². The van der Waals surface area contributed by atoms with Gasteiger partial charge in [0.1, 0.15) is 0 Å². The summed E-state index contributed by atoms with van der Waals surface area (Å²) in [6, 6.07) is 5.07. The lowest BCUT2D eigenvalue weighted by molar-refractivity contribution is 0.280. The Hall–Kier alpha value is -0.560. The Morgan fingerprint density at radius 2 is 2.05 bits per heavy atom. The van der Waals surface area contributed by atoms with Crippen LogP contribution >= 0.6 is 11.8 Å². The van der Waals surface area contributed by atoms with Gasteiger partial charge >= 0.3 is 0 Å². The Morgan fingerprint density at radius 1 is 1.33 bits per heavy atom. The molecule has 2 unspecified atom stereocenters. The van der Waals surface area contributed by atoms with Gasteiger partial charge in [0.15, 0.2) is 0 Å². The van der Waals surface area contributed by atoms with Gasteiger partial charge in [-0.2, -0.15) is 16.1 Å². The van der Waals surface area contributed by atoms with Crippen LogP contribution in [0.4, 0.5) is 0 Å². The van der Waals surface area contributed by atoms with Crippen LogP contribution in [0.2, 0.25) is 0 Å². The molecule has 1 saturated heterocycles. The highest BCUT2D eigenvalue weighted by Crippen LogP contribution is 2.30. The second kappa shape index (κ2) is 6.69. The maximum atomic E-state index is 12.8. The summed E-state index contributed by atoms with van der Waals surface area (Å²) in [5, 5.41) is 9.72. The van der Waals surface area contributed by atoms with Crippen molar-refractivity contribution >= 4 is 21.8 Å². The smallest absolute Gasteiger partial charge is 0.243 e. The molecule has 1 N–H and O–H groups in total. The van der Waals surface area contributed by atoms with Gasteiger partial charge in [-0.05, 0) is 36.6 Å². The zero-order chi connectivity index (χ0) is 15.6. The number of rotatable bonds is 4. The predicted molar refractivity (Wildman–Crippen MR) is 87.0 cm³/mol. The van der Waals surface area contributed by atoms with Crippen molar-refractivity contribution in [1.29, 1.82) is 0 Å². The number of aryl methyl sites for hydroxylation is 1. The summed E-state index contributed by atoms with van der Waals surface area (Å²) in [5.41, 5.74) is 1.69. The van der Waals surface area contributed by atoms with Crippen LogP contribution in [-0.4, -0.2) is 41.4 Å². The lowest BCUT2D eigenvalue weighted by atomic mass is 10.1. The van der Waals surface area contributed by atoms with Crippen molar-refractivity contribution in [2.75, 3.05) is 12.3 Å². The zero-order valence-electron chi connectivity index (χ0n) is 12.7. The summed E-state index contributed by atoms with van der Waals surface area (Å²) in [6.45, 7) is 6.43. The van der Waals surface area contributed by atoms with Crippen molar-refractivity contribution in [3.63, 3.8) is 0 Å². The number of hydrogen-bond donors (Lipinski definition) is 1. The first-order valence-corrected chi connectivity index (χ1v) is 9.76. The van der Waals surface area contributed by atoms with E-state index < -0.39 is 10.0 Å². The molecular formula is C15H23NO3S2. The molecule has 2 rings (SSSR count). The number of sulfonamides is 1. The molecule has 0 aromatic heterocycles. The Morgan fingerprint density at radius 3 is 2.67 bits per heavy atom. The van der Waals surface area contributed by atoms with Crippen LogP contribution in [0.15, 0.2) is 23.1 Å². The second-order valence-electron chi connectivity index (χ2n) is 5.37. The number of hydrogen-bond acceptors (Lipinski definition) is 4. The standard InChI is InChI=1S/C15H23NO3S2/c1-4-13-5-6-15(9-14(13)10-17)21(18,19)16-7-8-20-12(3)11(16)2/h5-6,9,11-12,17H,4,7-8,10H2,1-3H3. The summed E-state index contributed by atoms with van der Waals surface area (Å²) in [6.07, 6.45) is 0.782. The second-order valence-corrected chi connectivity index (χ2v) is 8.75. The molecule has 1 fully saturated rings. The molecule has 0 aliphatic carbocycles. The van der Waals surface area contributed by atoms with Gasteiger partial charge in [0.25, 0.3) is 0 Å². The molecule has 0 bridgehead atoms. The molecule has 0 saturated carbocycles. The van der Waals surface area contributed by atoms with Gasteiger partial charge in [-0.25, -0.2) is 8.42 Å². The van der Waals surface area contributed by atoms with E-state index in [0.717, 1.165) is 17.7 Å². The monoisotopic (exact) mass is 329 g/mol. The SMILES string of the molecule is CCc1ccc(S(=O)(=O)N2CCSC(C)C2C)cc1CO. The zero-order valence-corrected chi connectivity index (χ0v) is 14.4. The number of thioether (sulfide) groups is 1. The topological polar surface area (TPSA) is 57.6 Å². The Labute approximate surface area is 131 Å². The van der Waals surface area contributed by atoms with E-state index in [9.17, 15) is 13.5 Å². The first kappa shape index (κ1) is 16.8. The number of aliphatic hydroxyl groups is 1. The lowest BCUT2D eigenvalue weighted by Crippen LogP contribution is -2.47. The molecular weight excluding hydrogens is 306 g/mol. The van der Waals surface area contributed by atoms with E-state index in [-0.39, 0.29) is 17.5 Å². The summed E-state index contributed by atoms with van der Waals surface area (Å²) in [7, 11) is -3.49. The fourth-order valence-corrected chi connectivity index (χ4v) is 5.68. The molecule has 1 aromatic rings. The molecule has 0 spiro atoms. The molecule has 6 heteroatoms. The van der Waals surface area contributed by atoms with Crippen LogP contribution in [0.5, 0.6) is 0 Å². The molecule has 1 aliphatic rings. The third-order valence-corrected chi connectivity index (χ3v) is 7.48. The van der Waals surface area contributed by atoms with Crippen LogP contribution in [0, 0.1) is 0 Å². The molecule has 1 aliphatic heterocycles. The summed E-state index contributed by atoms with van der Waals surface area (Å²) < 4.78 is 27.3. The quantitative estimate of drug-likeness (QED) is 0.920. The van der Waals surface area contributed by atoms with Crippen LogP contribution in [-0.2, 0) is 23.1 Å². The average Bonchev–Trinajstić information content (AvgIpc) is 2.49. The molecule has 0 radical (unpaired) electrons. The summed E-state index contributed by atoms with van der Waals surface area (Å²) in [4.78, 5) is 0.287. The molecule has 1 heterocycles. The molecule has 2 atom stereocenters. The van der Waals surface area contributed by atoms with E-state index in [1.54, 1.807) is 16.4 Å². The Balaban J connectivity index is 2.39. The molecule has 118 valence electrons. The minimum atomic E-state index is -3.49. The van der Waals surface area contributed by atoms with Crippen molar-refractivity contribution < 1.29 is 13.5 Å². The van der Waals surface area contributed by atoms with Gasteiger partial charge in [0.2, 0.25) is 10.0 Å². The van der Waals surface area contributed by atoms with Crippen molar-refractivity contribution in [2.45, 2.75) is 50.0 Å². The fraction of sp³-hybridized carbons (Fsp3) is 0.600. The van der Waals surface area contributed by atoms with Crippen molar-refractivity contribution in [3.8, 4) is 0 Å². The highest BCUT2D eigenvalue weighted by molar-refractivity contribution is 8.00. The maximum Gasteiger partial charge on any atom is 0.243 e. The van der Waals surface area contributed by atoms with Crippen LogP contribution in [0.1, 0.15) is 31.9 Å². The van der Waals surface area contributed by atoms with Crippen molar-refractivity contribution in [3.05, 3.63) is 29.3 Å². The van der Waals surface area contributed by atoms with Gasteiger partial charge in [0, 0.05) is 23.6 Å². The van der Waals surface area contributed by atoms with Crippen LogP contribution < -0.4 is 0 Å². The molecule has 0 amide bonds. The molecule has 4 nitrogen and oxygen atoms in total. The average molecular weight is 329 g/mol. The Bertz CT molecular complexity index is 601. The fourth-order valence-electron chi connectivity index (χ4n) is 2.63. The van der Waals surface area contributed by atoms with Crippen molar-refractivity contribution in [1.82, 2.24) is 4.31 Å². The Kier molecular flexibility index (Phi) is 5.35. The molecule has 1 aromatic carbocycles. The van der Waals surface area contributed by atoms with E-state index in [2.05, 4.69) is 6.92 Å². The van der Waals surface area contributed by atoms with Gasteiger partial charge in [-0.15, -0.1) is 0 Å². The molecule has 21 heavy (non-hydrogen) atoms. The minimum absolute atomic E-state index is 0.0165. The van der Waals surface area contributed by atoms with E-state index in [1.165, 1.54) is 0 Å². The lowest BCUT2D eigenvalue weighted by Gasteiger charge is -2.36. The van der Waals surface area contributed by atoms with E-state index >= 15 is 0 Å². The largest absolute Gasteiger partial charge is 0.392 e. The van der Waals surface area contributed by atoms with Crippen LogP contribution in [0.25, 0.3) is 0 Å². The van der Waals surface area contributed by atoms with Crippen LogP contribution in [0.3, 0.4) is 0 Å². The van der Waals surface area contributed by atoms with Gasteiger partial charge in [0.05, 0.1) is 11.5 Å². The maximum absolute atomic E-state index is 12.8. The first-order chi connectivity index (χ1) is 9.91. The predicted octanol–water partition coefficient (Wildman–Crippen LogP) is 2.26. The van der Waals surface area contributed by atoms with Gasteiger partial charge in [-0.1, -0.05) is 19.9 Å². The number of benzene rings is 1. The highest BCUT2D eigenvalue weighted by Gasteiger charge is 2.35. The highest BCUT2D eigenvalue weighted by atomic mass is 32.2.